The summed E-state index contributed by atoms with van der Waals surface area (Å²) in [6.07, 6.45) is 1.72. The number of ether oxygens (including phenoxy) is 2. The van der Waals surface area contributed by atoms with Crippen molar-refractivity contribution in [1.29, 1.82) is 0 Å². The number of nitrogens with one attached hydrogen (secondary N) is 1. The summed E-state index contributed by atoms with van der Waals surface area (Å²) in [6, 6.07) is 16.7. The Morgan fingerprint density at radius 3 is 2.59 bits per heavy atom. The predicted molar refractivity (Wildman–Crippen MR) is 90.4 cm³/mol. The molecular formula is C19H23NO2. The predicted octanol–water partition coefficient (Wildman–Crippen LogP) is 4.11. The normalized spacial score (nSPS) is 11.7. The molecule has 0 aliphatic heterocycles. The molecule has 1 N–H and O–H groups in total. The molecule has 22 heavy (non-hydrogen) atoms. The van der Waals surface area contributed by atoms with Gasteiger partial charge in [-0.2, -0.15) is 0 Å². The fraction of sp³-hybridized carbons (Fsp3) is 0.263. The van der Waals surface area contributed by atoms with Crippen molar-refractivity contribution in [2.45, 2.75) is 19.5 Å². The van der Waals surface area contributed by atoms with Crippen LogP contribution in [0.3, 0.4) is 0 Å². The second kappa shape index (κ2) is 8.25. The lowest BCUT2D eigenvalue weighted by molar-refractivity contribution is 0.326. The van der Waals surface area contributed by atoms with Crippen molar-refractivity contribution in [2.75, 3.05) is 13.7 Å². The summed E-state index contributed by atoms with van der Waals surface area (Å²) in [4.78, 5) is 0. The number of methoxy groups -OCH3 is 1. The molecule has 0 radical (unpaired) electrons. The molecule has 2 aromatic rings. The number of rotatable bonds is 8. The number of hydrogen-bond acceptors (Lipinski definition) is 3. The van der Waals surface area contributed by atoms with Gasteiger partial charge in [-0.3, -0.25) is 0 Å². The van der Waals surface area contributed by atoms with E-state index in [1.165, 1.54) is 5.56 Å². The number of hydrogen-bond donors (Lipinski definition) is 1. The van der Waals surface area contributed by atoms with E-state index in [-0.39, 0.29) is 0 Å². The Labute approximate surface area is 132 Å². The van der Waals surface area contributed by atoms with Crippen LogP contribution >= 0.6 is 0 Å². The zero-order valence-electron chi connectivity index (χ0n) is 13.2. The van der Waals surface area contributed by atoms with Crippen LogP contribution in [-0.2, 0) is 6.54 Å². The lowest BCUT2D eigenvalue weighted by Crippen LogP contribution is -2.18. The zero-order valence-corrected chi connectivity index (χ0v) is 13.2. The third kappa shape index (κ3) is 4.37. The fourth-order valence-electron chi connectivity index (χ4n) is 2.22. The van der Waals surface area contributed by atoms with Crippen LogP contribution in [0.5, 0.6) is 11.5 Å². The molecule has 0 heterocycles. The highest BCUT2D eigenvalue weighted by Crippen LogP contribution is 2.28. The maximum Gasteiger partial charge on any atom is 0.161 e. The maximum atomic E-state index is 5.56. The molecule has 0 aromatic heterocycles. The van der Waals surface area contributed by atoms with Gasteiger partial charge in [0.2, 0.25) is 0 Å². The smallest absolute Gasteiger partial charge is 0.161 e. The minimum Gasteiger partial charge on any atom is -0.493 e. The third-order valence-electron chi connectivity index (χ3n) is 3.50. The van der Waals surface area contributed by atoms with Crippen LogP contribution in [0.4, 0.5) is 0 Å². The molecule has 0 unspecified atom stereocenters. The molecule has 0 aliphatic carbocycles. The summed E-state index contributed by atoms with van der Waals surface area (Å²) >= 11 is 0. The molecule has 3 heteroatoms. The summed E-state index contributed by atoms with van der Waals surface area (Å²) in [7, 11) is 1.65. The van der Waals surface area contributed by atoms with Gasteiger partial charge in [0.25, 0.3) is 0 Å². The van der Waals surface area contributed by atoms with Crippen molar-refractivity contribution < 1.29 is 9.47 Å². The first-order valence-corrected chi connectivity index (χ1v) is 7.43. The Hall–Kier alpha value is -2.26. The van der Waals surface area contributed by atoms with Crippen LogP contribution in [0, 0.1) is 0 Å². The highest BCUT2D eigenvalue weighted by Gasteiger charge is 2.07. The van der Waals surface area contributed by atoms with Crippen LogP contribution in [0.1, 0.15) is 24.1 Å². The van der Waals surface area contributed by atoms with E-state index >= 15 is 0 Å². The highest BCUT2D eigenvalue weighted by atomic mass is 16.5. The van der Waals surface area contributed by atoms with Crippen LogP contribution in [0.25, 0.3) is 0 Å². The summed E-state index contributed by atoms with van der Waals surface area (Å²) < 4.78 is 11.0. The lowest BCUT2D eigenvalue weighted by atomic mass is 10.1. The first kappa shape index (κ1) is 16.1. The minimum atomic E-state index is 0.295. The molecule has 116 valence electrons. The summed E-state index contributed by atoms with van der Waals surface area (Å²) in [5, 5.41) is 3.52. The lowest BCUT2D eigenvalue weighted by Gasteiger charge is -2.15. The van der Waals surface area contributed by atoms with Gasteiger partial charge in [0.1, 0.15) is 6.61 Å². The van der Waals surface area contributed by atoms with E-state index in [9.17, 15) is 0 Å². The minimum absolute atomic E-state index is 0.295. The molecule has 0 saturated carbocycles. The Morgan fingerprint density at radius 2 is 1.91 bits per heavy atom. The highest BCUT2D eigenvalue weighted by molar-refractivity contribution is 5.43. The van der Waals surface area contributed by atoms with Crippen LogP contribution < -0.4 is 14.8 Å². The van der Waals surface area contributed by atoms with Crippen molar-refractivity contribution in [3.8, 4) is 11.5 Å². The Balaban J connectivity index is 1.99. The van der Waals surface area contributed by atoms with E-state index in [4.69, 9.17) is 9.47 Å². The first-order valence-electron chi connectivity index (χ1n) is 7.43. The Bertz CT molecular complexity index is 596. The fourth-order valence-corrected chi connectivity index (χ4v) is 2.22. The van der Waals surface area contributed by atoms with Gasteiger partial charge in [-0.15, -0.1) is 0 Å². The Morgan fingerprint density at radius 1 is 1.14 bits per heavy atom. The van der Waals surface area contributed by atoms with E-state index in [0.29, 0.717) is 12.6 Å². The van der Waals surface area contributed by atoms with Crippen molar-refractivity contribution >= 4 is 0 Å². The van der Waals surface area contributed by atoms with E-state index in [0.717, 1.165) is 23.6 Å². The van der Waals surface area contributed by atoms with Crippen LogP contribution in [0.2, 0.25) is 0 Å². The van der Waals surface area contributed by atoms with E-state index in [1.807, 2.05) is 24.3 Å². The maximum absolute atomic E-state index is 5.56. The van der Waals surface area contributed by atoms with Crippen molar-refractivity contribution in [3.05, 3.63) is 72.3 Å². The first-order chi connectivity index (χ1) is 10.7. The number of benzene rings is 2. The van der Waals surface area contributed by atoms with Gasteiger partial charge < -0.3 is 14.8 Å². The monoisotopic (exact) mass is 297 g/mol. The Kier molecular flexibility index (Phi) is 6.04. The van der Waals surface area contributed by atoms with Crippen molar-refractivity contribution in [1.82, 2.24) is 5.32 Å². The molecule has 1 atom stereocenters. The van der Waals surface area contributed by atoms with Gasteiger partial charge in [-0.25, -0.2) is 0 Å². The van der Waals surface area contributed by atoms with E-state index in [2.05, 4.69) is 43.1 Å². The molecule has 3 nitrogen and oxygen atoms in total. The van der Waals surface area contributed by atoms with Gasteiger partial charge in [-0.1, -0.05) is 49.1 Å². The molecule has 0 fully saturated rings. The molecule has 0 saturated heterocycles. The summed E-state index contributed by atoms with van der Waals surface area (Å²) in [5.74, 6) is 1.48. The summed E-state index contributed by atoms with van der Waals surface area (Å²) in [5.41, 5.74) is 2.44. The molecule has 0 aliphatic rings. The molecular weight excluding hydrogens is 274 g/mol. The standard InChI is InChI=1S/C19H23NO2/c1-4-12-22-18-11-10-16(13-19(18)21-3)14-20-15(2)17-8-6-5-7-9-17/h4-11,13,15,20H,1,12,14H2,2-3H3/t15-/m1/s1. The van der Waals surface area contributed by atoms with Crippen LogP contribution in [0.15, 0.2) is 61.2 Å². The van der Waals surface area contributed by atoms with Gasteiger partial charge in [0, 0.05) is 12.6 Å². The van der Waals surface area contributed by atoms with E-state index < -0.39 is 0 Å². The van der Waals surface area contributed by atoms with Gasteiger partial charge in [0.15, 0.2) is 11.5 Å². The topological polar surface area (TPSA) is 30.5 Å². The molecule has 0 spiro atoms. The average Bonchev–Trinajstić information content (AvgIpc) is 2.58. The summed E-state index contributed by atoms with van der Waals surface area (Å²) in [6.45, 7) is 7.05. The molecule has 2 rings (SSSR count). The van der Waals surface area contributed by atoms with Crippen molar-refractivity contribution in [2.24, 2.45) is 0 Å². The second-order valence-corrected chi connectivity index (χ2v) is 5.10. The van der Waals surface area contributed by atoms with Gasteiger partial charge in [-0.05, 0) is 30.2 Å². The van der Waals surface area contributed by atoms with Gasteiger partial charge in [0.05, 0.1) is 7.11 Å². The second-order valence-electron chi connectivity index (χ2n) is 5.10. The average molecular weight is 297 g/mol. The van der Waals surface area contributed by atoms with E-state index in [1.54, 1.807) is 13.2 Å². The molecule has 0 bridgehead atoms. The molecule has 0 amide bonds. The molecule has 2 aromatic carbocycles. The largest absolute Gasteiger partial charge is 0.493 e. The van der Waals surface area contributed by atoms with Crippen molar-refractivity contribution in [3.63, 3.8) is 0 Å². The third-order valence-corrected chi connectivity index (χ3v) is 3.50. The zero-order chi connectivity index (χ0) is 15.8. The van der Waals surface area contributed by atoms with Crippen LogP contribution in [-0.4, -0.2) is 13.7 Å². The van der Waals surface area contributed by atoms with Gasteiger partial charge >= 0.3 is 0 Å². The SMILES string of the molecule is C=CCOc1ccc(CN[C@H](C)c2ccccc2)cc1OC. The quantitative estimate of drug-likeness (QED) is 0.744.